The van der Waals surface area contributed by atoms with Gasteiger partial charge < -0.3 is 4.74 Å². The summed E-state index contributed by atoms with van der Waals surface area (Å²) in [5.41, 5.74) is 0.607. The predicted molar refractivity (Wildman–Crippen MR) is 66.4 cm³/mol. The van der Waals surface area contributed by atoms with Crippen LogP contribution in [-0.2, 0) is 11.5 Å². The van der Waals surface area contributed by atoms with Crippen LogP contribution in [0.5, 0.6) is 0 Å². The first kappa shape index (κ1) is 13.6. The highest BCUT2D eigenvalue weighted by molar-refractivity contribution is 6.76. The Bertz CT molecular complexity index is 429. The molecule has 0 aromatic carbocycles. The number of aromatic nitrogens is 2. The number of nitriles is 1. The van der Waals surface area contributed by atoms with Gasteiger partial charge in [0.25, 0.3) is 0 Å². The molecule has 0 bridgehead atoms. The molecule has 1 aromatic heterocycles. The van der Waals surface area contributed by atoms with E-state index < -0.39 is 8.07 Å². The summed E-state index contributed by atoms with van der Waals surface area (Å²) in [6.07, 6.45) is 0.624. The Hall–Kier alpha value is -1.45. The van der Waals surface area contributed by atoms with Crippen LogP contribution in [0, 0.1) is 11.3 Å². The lowest BCUT2D eigenvalue weighted by molar-refractivity contribution is 0.0776. The molecule has 92 valence electrons. The van der Waals surface area contributed by atoms with Gasteiger partial charge in [-0.05, 0) is 6.04 Å². The lowest BCUT2D eigenvalue weighted by atomic mass is 10.4. The fraction of sp³-hybridized carbons (Fsp3) is 0.545. The van der Waals surface area contributed by atoms with Crippen molar-refractivity contribution in [1.82, 2.24) is 9.78 Å². The Morgan fingerprint density at radius 3 is 2.82 bits per heavy atom. The van der Waals surface area contributed by atoms with Gasteiger partial charge in [-0.2, -0.15) is 10.4 Å². The molecule has 0 unspecified atom stereocenters. The average molecular weight is 251 g/mol. The summed E-state index contributed by atoms with van der Waals surface area (Å²) < 4.78 is 6.87. The van der Waals surface area contributed by atoms with Crippen molar-refractivity contribution in [2.24, 2.45) is 0 Å². The van der Waals surface area contributed by atoms with Crippen LogP contribution >= 0.6 is 0 Å². The molecule has 0 atom stereocenters. The number of nitrogens with zero attached hydrogens (tertiary/aromatic N) is 3. The van der Waals surface area contributed by atoms with Crippen LogP contribution in [0.15, 0.2) is 6.07 Å². The van der Waals surface area contributed by atoms with Crippen molar-refractivity contribution in [3.05, 3.63) is 17.5 Å². The van der Waals surface area contributed by atoms with Gasteiger partial charge in [0.1, 0.15) is 24.2 Å². The van der Waals surface area contributed by atoms with Crippen molar-refractivity contribution in [3.8, 4) is 6.07 Å². The molecule has 0 spiro atoms. The lowest BCUT2D eigenvalue weighted by Gasteiger charge is -2.15. The van der Waals surface area contributed by atoms with E-state index in [1.165, 1.54) is 10.7 Å². The standard InChI is InChI=1S/C11H17N3O2Si/c1-17(2,3)5-4-16-9-14-11(7-12)6-10(8-15)13-14/h6,8H,4-5,9H2,1-3H3. The molecular formula is C11H17N3O2Si. The zero-order valence-corrected chi connectivity index (χ0v) is 11.4. The highest BCUT2D eigenvalue weighted by Gasteiger charge is 2.12. The summed E-state index contributed by atoms with van der Waals surface area (Å²) in [5.74, 6) is 0. The van der Waals surface area contributed by atoms with Gasteiger partial charge in [0, 0.05) is 20.7 Å². The number of hydrogen-bond donors (Lipinski definition) is 0. The van der Waals surface area contributed by atoms with E-state index in [4.69, 9.17) is 10.00 Å². The highest BCUT2D eigenvalue weighted by Crippen LogP contribution is 2.08. The maximum absolute atomic E-state index is 10.5. The fourth-order valence-corrected chi connectivity index (χ4v) is 1.97. The second-order valence-electron chi connectivity index (χ2n) is 5.03. The highest BCUT2D eigenvalue weighted by atomic mass is 28.3. The molecular weight excluding hydrogens is 234 g/mol. The van der Waals surface area contributed by atoms with Crippen molar-refractivity contribution in [2.75, 3.05) is 6.61 Å². The SMILES string of the molecule is C[Si](C)(C)CCOCn1nc(C=O)cc1C#N. The number of hydrogen-bond acceptors (Lipinski definition) is 4. The Balaban J connectivity index is 2.49. The summed E-state index contributed by atoms with van der Waals surface area (Å²) in [6, 6.07) is 4.50. The third-order valence-electron chi connectivity index (χ3n) is 2.24. The minimum absolute atomic E-state index is 0.223. The van der Waals surface area contributed by atoms with Gasteiger partial charge >= 0.3 is 0 Å². The molecule has 0 saturated heterocycles. The van der Waals surface area contributed by atoms with Crippen LogP contribution in [0.25, 0.3) is 0 Å². The van der Waals surface area contributed by atoms with E-state index in [-0.39, 0.29) is 12.4 Å². The van der Waals surface area contributed by atoms with E-state index in [0.717, 1.165) is 6.04 Å². The van der Waals surface area contributed by atoms with E-state index in [1.807, 2.05) is 6.07 Å². The molecule has 1 rings (SSSR count). The van der Waals surface area contributed by atoms with Crippen LogP contribution in [-0.4, -0.2) is 30.7 Å². The minimum Gasteiger partial charge on any atom is -0.359 e. The van der Waals surface area contributed by atoms with Crippen molar-refractivity contribution >= 4 is 14.4 Å². The molecule has 0 radical (unpaired) electrons. The minimum atomic E-state index is -1.09. The van der Waals surface area contributed by atoms with Gasteiger partial charge in [0.05, 0.1) is 0 Å². The first-order valence-electron chi connectivity index (χ1n) is 5.47. The fourth-order valence-electron chi connectivity index (χ4n) is 1.21. The van der Waals surface area contributed by atoms with Crippen molar-refractivity contribution in [3.63, 3.8) is 0 Å². The summed E-state index contributed by atoms with van der Waals surface area (Å²) in [6.45, 7) is 7.71. The largest absolute Gasteiger partial charge is 0.359 e. The second kappa shape index (κ2) is 5.75. The molecule has 0 N–H and O–H groups in total. The van der Waals surface area contributed by atoms with Crippen molar-refractivity contribution < 1.29 is 9.53 Å². The molecule has 0 aliphatic heterocycles. The number of carbonyl (C=O) groups excluding carboxylic acids is 1. The lowest BCUT2D eigenvalue weighted by Crippen LogP contribution is -2.22. The quantitative estimate of drug-likeness (QED) is 0.440. The van der Waals surface area contributed by atoms with Gasteiger partial charge in [-0.25, -0.2) is 4.68 Å². The van der Waals surface area contributed by atoms with Crippen LogP contribution in [0.3, 0.4) is 0 Å². The van der Waals surface area contributed by atoms with Crippen LogP contribution in [0.1, 0.15) is 16.2 Å². The molecule has 6 heteroatoms. The molecule has 17 heavy (non-hydrogen) atoms. The Labute approximate surface area is 102 Å². The summed E-state index contributed by atoms with van der Waals surface area (Å²) >= 11 is 0. The number of carbonyl (C=O) groups is 1. The summed E-state index contributed by atoms with van der Waals surface area (Å²) in [4.78, 5) is 10.5. The first-order valence-corrected chi connectivity index (χ1v) is 9.18. The Morgan fingerprint density at radius 2 is 2.29 bits per heavy atom. The first-order chi connectivity index (χ1) is 7.96. The zero-order valence-electron chi connectivity index (χ0n) is 10.4. The van der Waals surface area contributed by atoms with Crippen LogP contribution in [0.4, 0.5) is 0 Å². The van der Waals surface area contributed by atoms with Gasteiger partial charge in [0.2, 0.25) is 0 Å². The summed E-state index contributed by atoms with van der Waals surface area (Å²) in [5, 5.41) is 12.8. The molecule has 0 saturated carbocycles. The van der Waals surface area contributed by atoms with E-state index in [9.17, 15) is 4.79 Å². The third-order valence-corrected chi connectivity index (χ3v) is 3.95. The number of rotatable bonds is 6. The maximum Gasteiger partial charge on any atom is 0.170 e. The van der Waals surface area contributed by atoms with Crippen molar-refractivity contribution in [2.45, 2.75) is 32.4 Å². The zero-order chi connectivity index (χ0) is 12.9. The van der Waals surface area contributed by atoms with Crippen molar-refractivity contribution in [1.29, 1.82) is 5.26 Å². The molecule has 1 aromatic rings. The normalized spacial score (nSPS) is 11.2. The van der Waals surface area contributed by atoms with Gasteiger partial charge in [-0.3, -0.25) is 4.79 Å². The van der Waals surface area contributed by atoms with E-state index in [2.05, 4.69) is 24.7 Å². The predicted octanol–water partition coefficient (Wildman–Crippen LogP) is 1.88. The van der Waals surface area contributed by atoms with E-state index in [0.29, 0.717) is 18.6 Å². The smallest absolute Gasteiger partial charge is 0.170 e. The van der Waals surface area contributed by atoms with Gasteiger partial charge in [-0.1, -0.05) is 19.6 Å². The van der Waals surface area contributed by atoms with Crippen LogP contribution < -0.4 is 0 Å². The monoisotopic (exact) mass is 251 g/mol. The molecule has 0 fully saturated rings. The third kappa shape index (κ3) is 4.50. The molecule has 0 aliphatic carbocycles. The topological polar surface area (TPSA) is 67.9 Å². The number of ether oxygens (including phenoxy) is 1. The Morgan fingerprint density at radius 1 is 1.59 bits per heavy atom. The molecule has 0 aliphatic rings. The number of aldehydes is 1. The van der Waals surface area contributed by atoms with Crippen LogP contribution in [0.2, 0.25) is 25.7 Å². The molecule has 0 amide bonds. The van der Waals surface area contributed by atoms with Gasteiger partial charge in [-0.15, -0.1) is 0 Å². The van der Waals surface area contributed by atoms with E-state index in [1.54, 1.807) is 0 Å². The maximum atomic E-state index is 10.5. The average Bonchev–Trinajstić information content (AvgIpc) is 2.65. The molecule has 5 nitrogen and oxygen atoms in total. The van der Waals surface area contributed by atoms with E-state index >= 15 is 0 Å². The second-order valence-corrected chi connectivity index (χ2v) is 10.7. The Kier molecular flexibility index (Phi) is 4.60. The van der Waals surface area contributed by atoms with Gasteiger partial charge in [0.15, 0.2) is 6.29 Å². The molecule has 1 heterocycles. The summed E-state index contributed by atoms with van der Waals surface area (Å²) in [7, 11) is -1.09.